The van der Waals surface area contributed by atoms with Crippen LogP contribution in [-0.2, 0) is 14.3 Å². The topological polar surface area (TPSA) is 35.5 Å². The number of benzene rings is 1. The van der Waals surface area contributed by atoms with Gasteiger partial charge in [0.15, 0.2) is 0 Å². The van der Waals surface area contributed by atoms with E-state index < -0.39 is 0 Å². The van der Waals surface area contributed by atoms with E-state index in [4.69, 9.17) is 9.47 Å². The van der Waals surface area contributed by atoms with Crippen LogP contribution in [0.15, 0.2) is 36.4 Å². The van der Waals surface area contributed by atoms with Crippen LogP contribution in [0.5, 0.6) is 0 Å². The molecule has 0 spiro atoms. The van der Waals surface area contributed by atoms with E-state index in [1.54, 1.807) is 14.0 Å². The summed E-state index contributed by atoms with van der Waals surface area (Å²) in [7, 11) is 1.60. The summed E-state index contributed by atoms with van der Waals surface area (Å²) in [6, 6.07) is 9.64. The van der Waals surface area contributed by atoms with Crippen molar-refractivity contribution in [2.24, 2.45) is 0 Å². The summed E-state index contributed by atoms with van der Waals surface area (Å²) >= 11 is 0. The smallest absolute Gasteiger partial charge is 0.331 e. The minimum absolute atomic E-state index is 0.335. The van der Waals surface area contributed by atoms with E-state index in [9.17, 15) is 4.79 Å². The zero-order chi connectivity index (χ0) is 11.8. The highest BCUT2D eigenvalue weighted by Crippen LogP contribution is 2.14. The summed E-state index contributed by atoms with van der Waals surface area (Å²) in [5.74, 6) is -0.335. The predicted octanol–water partition coefficient (Wildman–Crippen LogP) is 2.28. The number of hydrogen-bond acceptors (Lipinski definition) is 3. The molecule has 0 aliphatic heterocycles. The van der Waals surface area contributed by atoms with Crippen LogP contribution in [0, 0.1) is 0 Å². The molecule has 0 aliphatic rings. The lowest BCUT2D eigenvalue weighted by Gasteiger charge is -2.06. The van der Waals surface area contributed by atoms with E-state index in [2.05, 4.69) is 0 Å². The van der Waals surface area contributed by atoms with Crippen molar-refractivity contribution in [3.8, 4) is 0 Å². The van der Waals surface area contributed by atoms with Gasteiger partial charge in [-0.1, -0.05) is 30.3 Å². The largest absolute Gasteiger partial charge is 0.463 e. The van der Waals surface area contributed by atoms with Crippen molar-refractivity contribution in [2.75, 3.05) is 20.3 Å². The molecule has 0 saturated heterocycles. The normalized spacial score (nSPS) is 11.2. The van der Waals surface area contributed by atoms with E-state index in [1.165, 1.54) is 6.08 Å². The highest BCUT2D eigenvalue weighted by molar-refractivity contribution is 5.91. The van der Waals surface area contributed by atoms with E-state index in [0.717, 1.165) is 11.1 Å². The van der Waals surface area contributed by atoms with Gasteiger partial charge in [0.25, 0.3) is 0 Å². The molecule has 0 amide bonds. The van der Waals surface area contributed by atoms with Crippen molar-refractivity contribution in [3.05, 3.63) is 42.0 Å². The summed E-state index contributed by atoms with van der Waals surface area (Å²) < 4.78 is 9.93. The monoisotopic (exact) mass is 220 g/mol. The average Bonchev–Trinajstić information content (AvgIpc) is 2.30. The molecule has 0 radical (unpaired) electrons. The molecular weight excluding hydrogens is 204 g/mol. The lowest BCUT2D eigenvalue weighted by Crippen LogP contribution is -2.03. The molecule has 1 rings (SSSR count). The number of rotatable bonds is 5. The molecule has 0 aromatic heterocycles. The SMILES string of the molecule is CCOC(=O)C=C(COC)c1ccccc1. The van der Waals surface area contributed by atoms with Crippen LogP contribution in [0.25, 0.3) is 5.57 Å². The number of hydrogen-bond donors (Lipinski definition) is 0. The number of ether oxygens (including phenoxy) is 2. The Labute approximate surface area is 95.7 Å². The number of methoxy groups -OCH3 is 1. The highest BCUT2D eigenvalue weighted by atomic mass is 16.5. The molecule has 16 heavy (non-hydrogen) atoms. The van der Waals surface area contributed by atoms with Gasteiger partial charge in [-0.15, -0.1) is 0 Å². The molecule has 0 heterocycles. The molecule has 0 N–H and O–H groups in total. The standard InChI is InChI=1S/C13H16O3/c1-3-16-13(14)9-12(10-15-2)11-7-5-4-6-8-11/h4-9H,3,10H2,1-2H3. The molecule has 0 unspecified atom stereocenters. The van der Waals surface area contributed by atoms with Crippen LogP contribution in [-0.4, -0.2) is 26.3 Å². The van der Waals surface area contributed by atoms with Gasteiger partial charge in [0.05, 0.1) is 13.2 Å². The molecule has 0 fully saturated rings. The molecule has 0 saturated carbocycles. The minimum Gasteiger partial charge on any atom is -0.463 e. The predicted molar refractivity (Wildman–Crippen MR) is 62.9 cm³/mol. The first kappa shape index (κ1) is 12.5. The Morgan fingerprint density at radius 3 is 2.56 bits per heavy atom. The molecule has 1 aromatic rings. The first-order valence-corrected chi connectivity index (χ1v) is 5.19. The third-order valence-electron chi connectivity index (χ3n) is 2.02. The van der Waals surface area contributed by atoms with Crippen molar-refractivity contribution in [2.45, 2.75) is 6.92 Å². The molecule has 86 valence electrons. The molecule has 0 atom stereocenters. The fourth-order valence-corrected chi connectivity index (χ4v) is 1.34. The Kier molecular flexibility index (Phi) is 5.29. The van der Waals surface area contributed by atoms with Crippen LogP contribution in [0.4, 0.5) is 0 Å². The highest BCUT2D eigenvalue weighted by Gasteiger charge is 2.04. The van der Waals surface area contributed by atoms with Gasteiger partial charge in [-0.25, -0.2) is 4.79 Å². The Balaban J connectivity index is 2.86. The molecule has 0 bridgehead atoms. The van der Waals surface area contributed by atoms with Crippen LogP contribution in [0.1, 0.15) is 12.5 Å². The van der Waals surface area contributed by atoms with Crippen LogP contribution in [0.3, 0.4) is 0 Å². The maximum Gasteiger partial charge on any atom is 0.331 e. The number of carbonyl (C=O) groups excluding carboxylic acids is 1. The average molecular weight is 220 g/mol. The van der Waals surface area contributed by atoms with Gasteiger partial charge in [0.1, 0.15) is 0 Å². The third kappa shape index (κ3) is 3.87. The van der Waals surface area contributed by atoms with Crippen LogP contribution in [0.2, 0.25) is 0 Å². The fourth-order valence-electron chi connectivity index (χ4n) is 1.34. The second kappa shape index (κ2) is 6.80. The lowest BCUT2D eigenvalue weighted by atomic mass is 10.1. The Morgan fingerprint density at radius 2 is 2.00 bits per heavy atom. The van der Waals surface area contributed by atoms with Crippen LogP contribution >= 0.6 is 0 Å². The Morgan fingerprint density at radius 1 is 1.31 bits per heavy atom. The van der Waals surface area contributed by atoms with Gasteiger partial charge in [-0.05, 0) is 18.1 Å². The Hall–Kier alpha value is -1.61. The quantitative estimate of drug-likeness (QED) is 0.564. The van der Waals surface area contributed by atoms with Crippen molar-refractivity contribution in [1.82, 2.24) is 0 Å². The number of carbonyl (C=O) groups is 1. The molecule has 0 aliphatic carbocycles. The number of esters is 1. The van der Waals surface area contributed by atoms with Crippen molar-refractivity contribution in [3.63, 3.8) is 0 Å². The summed E-state index contributed by atoms with van der Waals surface area (Å²) in [5.41, 5.74) is 1.79. The van der Waals surface area contributed by atoms with Gasteiger partial charge in [0, 0.05) is 13.2 Å². The maximum absolute atomic E-state index is 11.3. The third-order valence-corrected chi connectivity index (χ3v) is 2.02. The van der Waals surface area contributed by atoms with Gasteiger partial charge in [0.2, 0.25) is 0 Å². The van der Waals surface area contributed by atoms with E-state index >= 15 is 0 Å². The van der Waals surface area contributed by atoms with Gasteiger partial charge in [-0.3, -0.25) is 0 Å². The van der Waals surface area contributed by atoms with Gasteiger partial charge < -0.3 is 9.47 Å². The van der Waals surface area contributed by atoms with Crippen molar-refractivity contribution >= 4 is 11.5 Å². The summed E-state index contributed by atoms with van der Waals surface area (Å²) in [5, 5.41) is 0. The Bertz CT molecular complexity index is 355. The minimum atomic E-state index is -0.335. The van der Waals surface area contributed by atoms with Gasteiger partial charge in [-0.2, -0.15) is 0 Å². The molecule has 3 nitrogen and oxygen atoms in total. The zero-order valence-corrected chi connectivity index (χ0v) is 9.60. The summed E-state index contributed by atoms with van der Waals surface area (Å²) in [6.07, 6.45) is 1.47. The first-order chi connectivity index (χ1) is 7.77. The van der Waals surface area contributed by atoms with Crippen molar-refractivity contribution < 1.29 is 14.3 Å². The van der Waals surface area contributed by atoms with Crippen LogP contribution < -0.4 is 0 Å². The van der Waals surface area contributed by atoms with Gasteiger partial charge >= 0.3 is 5.97 Å². The van der Waals surface area contributed by atoms with E-state index in [-0.39, 0.29) is 5.97 Å². The molecular formula is C13H16O3. The molecule has 1 aromatic carbocycles. The fraction of sp³-hybridized carbons (Fsp3) is 0.308. The first-order valence-electron chi connectivity index (χ1n) is 5.19. The maximum atomic E-state index is 11.3. The summed E-state index contributed by atoms with van der Waals surface area (Å²) in [6.45, 7) is 2.55. The second-order valence-electron chi connectivity index (χ2n) is 3.22. The second-order valence-corrected chi connectivity index (χ2v) is 3.22. The zero-order valence-electron chi connectivity index (χ0n) is 9.60. The lowest BCUT2D eigenvalue weighted by molar-refractivity contribution is -0.137. The van der Waals surface area contributed by atoms with E-state index in [0.29, 0.717) is 13.2 Å². The van der Waals surface area contributed by atoms with Crippen molar-refractivity contribution in [1.29, 1.82) is 0 Å². The van der Waals surface area contributed by atoms with E-state index in [1.807, 2.05) is 30.3 Å². The summed E-state index contributed by atoms with van der Waals surface area (Å²) in [4.78, 5) is 11.3. The molecule has 3 heteroatoms.